The molecule has 3 rings (SSSR count). The van der Waals surface area contributed by atoms with Crippen LogP contribution in [0.25, 0.3) is 0 Å². The van der Waals surface area contributed by atoms with E-state index >= 15 is 0 Å². The van der Waals surface area contributed by atoms with Crippen molar-refractivity contribution in [2.45, 2.75) is 51.6 Å². The van der Waals surface area contributed by atoms with Gasteiger partial charge in [0.2, 0.25) is 5.91 Å². The van der Waals surface area contributed by atoms with Crippen molar-refractivity contribution in [3.8, 4) is 0 Å². The molecular formula is C20H24Cl2N4O2S. The van der Waals surface area contributed by atoms with Gasteiger partial charge in [0.05, 0.1) is 10.7 Å². The topological polar surface area (TPSA) is 74.3 Å². The number of benzene rings is 1. The molecule has 2 N–H and O–H groups in total. The highest BCUT2D eigenvalue weighted by atomic mass is 35.5. The molecule has 1 heterocycles. The molecule has 1 saturated carbocycles. The van der Waals surface area contributed by atoms with E-state index in [2.05, 4.69) is 15.6 Å². The number of hydrogen-bond donors (Lipinski definition) is 2. The van der Waals surface area contributed by atoms with Gasteiger partial charge in [-0.1, -0.05) is 30.1 Å². The smallest absolute Gasteiger partial charge is 0.273 e. The minimum Gasteiger partial charge on any atom is -0.354 e. The van der Waals surface area contributed by atoms with Crippen LogP contribution in [0.3, 0.4) is 0 Å². The Bertz CT molecular complexity index is 885. The van der Waals surface area contributed by atoms with E-state index < -0.39 is 0 Å². The summed E-state index contributed by atoms with van der Waals surface area (Å²) in [5, 5.41) is 9.40. The van der Waals surface area contributed by atoms with Crippen molar-refractivity contribution < 1.29 is 9.59 Å². The molecule has 0 saturated heterocycles. The average Bonchev–Trinajstić information content (AvgIpc) is 3.42. The number of carbonyl (C=O) groups is 2. The highest BCUT2D eigenvalue weighted by Gasteiger charge is 2.34. The molecule has 6 nitrogen and oxygen atoms in total. The Morgan fingerprint density at radius 1 is 1.34 bits per heavy atom. The summed E-state index contributed by atoms with van der Waals surface area (Å²) in [5.74, 6) is -0.181. The predicted molar refractivity (Wildman–Crippen MR) is 118 cm³/mol. The normalized spacial score (nSPS) is 14.3. The first-order chi connectivity index (χ1) is 13.9. The molecule has 2 amide bonds. The molecule has 0 radical (unpaired) electrons. The molecule has 1 fully saturated rings. The first-order valence-electron chi connectivity index (χ1n) is 9.65. The number of anilines is 2. The van der Waals surface area contributed by atoms with Crippen molar-refractivity contribution in [2.24, 2.45) is 0 Å². The Morgan fingerprint density at radius 2 is 2.10 bits per heavy atom. The highest BCUT2D eigenvalue weighted by molar-refractivity contribution is 7.14. The molecule has 0 bridgehead atoms. The number of nitrogens with zero attached hydrogens (tertiary/aromatic N) is 2. The third kappa shape index (κ3) is 6.07. The third-order valence-electron chi connectivity index (χ3n) is 4.74. The number of carbonyl (C=O) groups excluding carboxylic acids is 2. The summed E-state index contributed by atoms with van der Waals surface area (Å²) in [6.07, 6.45) is 3.10. The summed E-state index contributed by atoms with van der Waals surface area (Å²) in [4.78, 5) is 31.2. The summed E-state index contributed by atoms with van der Waals surface area (Å²) in [5.41, 5.74) is 0.998. The average molecular weight is 455 g/mol. The molecule has 1 aliphatic carbocycles. The maximum Gasteiger partial charge on any atom is 0.273 e. The number of thiazole rings is 1. The Hall–Kier alpha value is -1.83. The van der Waals surface area contributed by atoms with E-state index in [1.54, 1.807) is 28.5 Å². The van der Waals surface area contributed by atoms with E-state index in [1.807, 2.05) is 13.8 Å². The van der Waals surface area contributed by atoms with Gasteiger partial charge in [0.25, 0.3) is 5.91 Å². The molecule has 0 unspecified atom stereocenters. The number of amides is 2. The molecule has 29 heavy (non-hydrogen) atoms. The lowest BCUT2D eigenvalue weighted by Crippen LogP contribution is -2.38. The molecule has 1 aliphatic rings. The van der Waals surface area contributed by atoms with Gasteiger partial charge in [-0.05, 0) is 44.4 Å². The predicted octanol–water partition coefficient (Wildman–Crippen LogP) is 5.10. The minimum atomic E-state index is -0.148. The summed E-state index contributed by atoms with van der Waals surface area (Å²) in [6, 6.07) is 5.44. The second-order valence-corrected chi connectivity index (χ2v) is 8.85. The fraction of sp³-hybridized carbons (Fsp3) is 0.450. The molecule has 1 aromatic carbocycles. The number of nitrogens with one attached hydrogen (secondary N) is 2. The number of rotatable bonds is 9. The van der Waals surface area contributed by atoms with E-state index in [4.69, 9.17) is 23.2 Å². The van der Waals surface area contributed by atoms with Crippen LogP contribution in [-0.2, 0) is 4.79 Å². The van der Waals surface area contributed by atoms with Crippen LogP contribution >= 0.6 is 34.5 Å². The summed E-state index contributed by atoms with van der Waals surface area (Å²) >= 11 is 13.5. The SMILES string of the molecule is CC[C@@H](C)NC(=O)CCN(C(=O)c1csc(Nc2cc(Cl)ccc2Cl)n1)C1CC1. The standard InChI is InChI=1S/C20H24Cl2N4O2S/c1-3-12(2)23-18(27)8-9-26(14-5-6-14)19(28)17-11-29-20(25-17)24-16-10-13(21)4-7-15(16)22/h4,7,10-12,14H,3,5-6,8-9H2,1-2H3,(H,23,27)(H,24,25)/t12-/m1/s1. The fourth-order valence-corrected chi connectivity index (χ4v) is 3.83. The van der Waals surface area contributed by atoms with E-state index in [-0.39, 0.29) is 23.9 Å². The highest BCUT2D eigenvalue weighted by Crippen LogP contribution is 2.32. The zero-order chi connectivity index (χ0) is 21.0. The van der Waals surface area contributed by atoms with Crippen molar-refractivity contribution in [3.05, 3.63) is 39.3 Å². The number of halogens is 2. The fourth-order valence-electron chi connectivity index (χ4n) is 2.79. The Kier molecular flexibility index (Phi) is 7.38. The second kappa shape index (κ2) is 9.78. The minimum absolute atomic E-state index is 0.0333. The van der Waals surface area contributed by atoms with E-state index in [0.717, 1.165) is 19.3 Å². The maximum atomic E-state index is 13.0. The monoisotopic (exact) mass is 454 g/mol. The molecule has 156 valence electrons. The van der Waals surface area contributed by atoms with Crippen LogP contribution in [0.15, 0.2) is 23.6 Å². The van der Waals surface area contributed by atoms with Crippen LogP contribution < -0.4 is 10.6 Å². The molecule has 0 spiro atoms. The van der Waals surface area contributed by atoms with Gasteiger partial charge in [-0.15, -0.1) is 11.3 Å². The van der Waals surface area contributed by atoms with Crippen molar-refractivity contribution in [2.75, 3.05) is 11.9 Å². The maximum absolute atomic E-state index is 13.0. The lowest BCUT2D eigenvalue weighted by Gasteiger charge is -2.21. The summed E-state index contributed by atoms with van der Waals surface area (Å²) in [6.45, 7) is 4.39. The van der Waals surface area contributed by atoms with Crippen LogP contribution in [0.5, 0.6) is 0 Å². The molecule has 1 atom stereocenters. The van der Waals surface area contributed by atoms with Gasteiger partial charge in [-0.2, -0.15) is 0 Å². The zero-order valence-corrected chi connectivity index (χ0v) is 18.7. The largest absolute Gasteiger partial charge is 0.354 e. The molecule has 9 heteroatoms. The van der Waals surface area contributed by atoms with E-state index in [9.17, 15) is 9.59 Å². The van der Waals surface area contributed by atoms with Gasteiger partial charge in [0, 0.05) is 35.5 Å². The lowest BCUT2D eigenvalue weighted by atomic mass is 10.2. The van der Waals surface area contributed by atoms with Gasteiger partial charge in [-0.3, -0.25) is 9.59 Å². The van der Waals surface area contributed by atoms with Gasteiger partial charge >= 0.3 is 0 Å². The molecule has 2 aromatic rings. The second-order valence-electron chi connectivity index (χ2n) is 7.14. The van der Waals surface area contributed by atoms with Crippen LogP contribution in [-0.4, -0.2) is 40.3 Å². The van der Waals surface area contributed by atoms with Gasteiger partial charge in [0.1, 0.15) is 5.69 Å². The van der Waals surface area contributed by atoms with Gasteiger partial charge < -0.3 is 15.5 Å². The summed E-state index contributed by atoms with van der Waals surface area (Å²) in [7, 11) is 0. The lowest BCUT2D eigenvalue weighted by molar-refractivity contribution is -0.121. The van der Waals surface area contributed by atoms with Crippen molar-refractivity contribution >= 4 is 57.2 Å². The summed E-state index contributed by atoms with van der Waals surface area (Å²) < 4.78 is 0. The Labute approximate surface area is 184 Å². The van der Waals surface area contributed by atoms with Crippen LogP contribution in [0, 0.1) is 0 Å². The Morgan fingerprint density at radius 3 is 2.79 bits per heavy atom. The van der Waals surface area contributed by atoms with Crippen molar-refractivity contribution in [1.82, 2.24) is 15.2 Å². The van der Waals surface area contributed by atoms with E-state index in [1.165, 1.54) is 11.3 Å². The zero-order valence-electron chi connectivity index (χ0n) is 16.4. The first-order valence-corrected chi connectivity index (χ1v) is 11.3. The Balaban J connectivity index is 1.63. The van der Waals surface area contributed by atoms with Crippen LogP contribution in [0.1, 0.15) is 50.0 Å². The molecule has 0 aliphatic heterocycles. The van der Waals surface area contributed by atoms with Gasteiger partial charge in [0.15, 0.2) is 5.13 Å². The first kappa shape index (κ1) is 21.9. The van der Waals surface area contributed by atoms with Crippen LogP contribution in [0.2, 0.25) is 10.0 Å². The molecule has 1 aromatic heterocycles. The quantitative estimate of drug-likeness (QED) is 0.552. The van der Waals surface area contributed by atoms with Crippen molar-refractivity contribution in [1.29, 1.82) is 0 Å². The van der Waals surface area contributed by atoms with Crippen LogP contribution in [0.4, 0.5) is 10.8 Å². The third-order valence-corrected chi connectivity index (χ3v) is 6.06. The molecular weight excluding hydrogens is 431 g/mol. The van der Waals surface area contributed by atoms with E-state index in [0.29, 0.717) is 39.5 Å². The number of aromatic nitrogens is 1. The van der Waals surface area contributed by atoms with Crippen molar-refractivity contribution in [3.63, 3.8) is 0 Å². The number of hydrogen-bond acceptors (Lipinski definition) is 5. The van der Waals surface area contributed by atoms with Gasteiger partial charge in [-0.25, -0.2) is 4.98 Å².